The molecule has 5 N–H and O–H groups in total. The molecule has 26 heavy (non-hydrogen) atoms. The van der Waals surface area contributed by atoms with Gasteiger partial charge in [0.25, 0.3) is 0 Å². The van der Waals surface area contributed by atoms with E-state index in [1.165, 1.54) is 0 Å². The summed E-state index contributed by atoms with van der Waals surface area (Å²) in [4.78, 5) is 38.5. The fourth-order valence-corrected chi connectivity index (χ4v) is 1.18. The molecule has 0 saturated carbocycles. The van der Waals surface area contributed by atoms with Gasteiger partial charge in [-0.2, -0.15) is 0 Å². The standard InChI is InChI=1S/C6H14O.2C4H6O5.Zn.H2/c1-5(2)4-6(3)7;2*5-2(4(8)9)1-3(6)7;;/h5-7H,4H2,1-3H3;2*2,5H,1H2,(H,6,7)(H,8,9);;1H/p-2. The summed E-state index contributed by atoms with van der Waals surface area (Å²) in [5.41, 5.74) is 0. The predicted octanol–water partition coefficient (Wildman–Crippen LogP) is -3.20. The maximum atomic E-state index is 9.72. The summed E-state index contributed by atoms with van der Waals surface area (Å²) in [6.45, 7) is 6.03. The van der Waals surface area contributed by atoms with E-state index in [1.807, 2.05) is 6.92 Å². The van der Waals surface area contributed by atoms with Crippen LogP contribution in [0.2, 0.25) is 0 Å². The Morgan fingerprint density at radius 2 is 1.31 bits per heavy atom. The van der Waals surface area contributed by atoms with Gasteiger partial charge in [-0.25, -0.2) is 4.79 Å². The van der Waals surface area contributed by atoms with Crippen LogP contribution in [0.4, 0.5) is 0 Å². The maximum absolute atomic E-state index is 9.72. The van der Waals surface area contributed by atoms with Gasteiger partial charge in [-0.1, -0.05) is 13.8 Å². The smallest absolute Gasteiger partial charge is 0.333 e. The van der Waals surface area contributed by atoms with E-state index in [2.05, 4.69) is 13.8 Å². The van der Waals surface area contributed by atoms with Crippen LogP contribution in [0.1, 0.15) is 41.5 Å². The fourth-order valence-electron chi connectivity index (χ4n) is 1.18. The molecule has 0 bridgehead atoms. The van der Waals surface area contributed by atoms with Crippen LogP contribution in [-0.2, 0) is 38.7 Å². The first-order valence-corrected chi connectivity index (χ1v) is 7.10. The van der Waals surface area contributed by atoms with Crippen LogP contribution in [-0.4, -0.2) is 67.7 Å². The molecular formula is C14H26O11Zn-2. The molecule has 0 spiro atoms. The summed E-state index contributed by atoms with van der Waals surface area (Å²) >= 11 is 0. The Bertz CT molecular complexity index is 391. The van der Waals surface area contributed by atoms with E-state index in [4.69, 9.17) is 25.5 Å². The van der Waals surface area contributed by atoms with E-state index >= 15 is 0 Å². The van der Waals surface area contributed by atoms with E-state index in [9.17, 15) is 29.4 Å². The van der Waals surface area contributed by atoms with Crippen molar-refractivity contribution in [1.82, 2.24) is 0 Å². The number of hydrogen-bond donors (Lipinski definition) is 5. The molecule has 0 amide bonds. The summed E-state index contributed by atoms with van der Waals surface area (Å²) < 4.78 is 0. The monoisotopic (exact) mass is 434 g/mol. The van der Waals surface area contributed by atoms with Crippen LogP contribution < -0.4 is 10.2 Å². The van der Waals surface area contributed by atoms with Crippen molar-refractivity contribution < 1.29 is 75.8 Å². The molecule has 152 valence electrons. The molecule has 0 aliphatic carbocycles. The molecule has 0 aliphatic rings. The second-order valence-corrected chi connectivity index (χ2v) is 5.34. The van der Waals surface area contributed by atoms with E-state index in [0.717, 1.165) is 6.42 Å². The number of aliphatic hydroxyl groups is 3. The number of rotatable bonds is 8. The number of aliphatic carboxylic acids is 4. The summed E-state index contributed by atoms with van der Waals surface area (Å²) in [6.07, 6.45) is -4.64. The van der Waals surface area contributed by atoms with E-state index in [-0.39, 0.29) is 27.0 Å². The minimum absolute atomic E-state index is 0. The van der Waals surface area contributed by atoms with Gasteiger partial charge in [-0.15, -0.1) is 0 Å². The Balaban J connectivity index is -0.0000000872. The Kier molecular flexibility index (Phi) is 22.4. The number of carboxylic acid groups (broad SMARTS) is 4. The van der Waals surface area contributed by atoms with Crippen molar-refractivity contribution in [2.24, 2.45) is 5.92 Å². The second kappa shape index (κ2) is 18.2. The van der Waals surface area contributed by atoms with Crippen LogP contribution in [0.3, 0.4) is 0 Å². The average Bonchev–Trinajstić information content (AvgIpc) is 2.36. The van der Waals surface area contributed by atoms with Crippen molar-refractivity contribution in [3.63, 3.8) is 0 Å². The first-order chi connectivity index (χ1) is 11.2. The van der Waals surface area contributed by atoms with Crippen LogP contribution in [0.5, 0.6) is 0 Å². The number of carboxylic acids is 4. The molecule has 0 aromatic heterocycles. The molecular weight excluding hydrogens is 410 g/mol. The average molecular weight is 436 g/mol. The van der Waals surface area contributed by atoms with Crippen molar-refractivity contribution in [1.29, 1.82) is 0 Å². The summed E-state index contributed by atoms with van der Waals surface area (Å²) in [5.74, 6) is -5.65. The van der Waals surface area contributed by atoms with Gasteiger partial charge in [0.2, 0.25) is 0 Å². The quantitative estimate of drug-likeness (QED) is 0.239. The number of aliphatic hydroxyl groups excluding tert-OH is 3. The Hall–Kier alpha value is -1.62. The summed E-state index contributed by atoms with van der Waals surface area (Å²) in [6, 6.07) is 0. The molecule has 0 radical (unpaired) electrons. The Labute approximate surface area is 164 Å². The second-order valence-electron chi connectivity index (χ2n) is 5.34. The first-order valence-electron chi connectivity index (χ1n) is 7.10. The van der Waals surface area contributed by atoms with Crippen LogP contribution >= 0.6 is 0 Å². The van der Waals surface area contributed by atoms with Gasteiger partial charge in [-0.05, 0) is 19.3 Å². The van der Waals surface area contributed by atoms with Gasteiger partial charge in [0.05, 0.1) is 24.6 Å². The molecule has 0 heterocycles. The molecule has 0 saturated heterocycles. The molecule has 3 unspecified atom stereocenters. The molecule has 0 rings (SSSR count). The van der Waals surface area contributed by atoms with Crippen molar-refractivity contribution in [3.8, 4) is 0 Å². The van der Waals surface area contributed by atoms with Gasteiger partial charge in [-0.3, -0.25) is 4.79 Å². The summed E-state index contributed by atoms with van der Waals surface area (Å²) in [7, 11) is 0. The third-order valence-corrected chi connectivity index (χ3v) is 2.10. The van der Waals surface area contributed by atoms with Crippen molar-refractivity contribution >= 4 is 23.9 Å². The third-order valence-electron chi connectivity index (χ3n) is 2.10. The minimum atomic E-state index is -1.96. The molecule has 12 heteroatoms. The largest absolute Gasteiger partial charge is 0.550 e. The van der Waals surface area contributed by atoms with Crippen molar-refractivity contribution in [2.75, 3.05) is 0 Å². The third kappa shape index (κ3) is 30.3. The molecule has 3 atom stereocenters. The zero-order valence-corrected chi connectivity index (χ0v) is 17.8. The summed E-state index contributed by atoms with van der Waals surface area (Å²) in [5, 5.41) is 60.2. The fraction of sp³-hybridized carbons (Fsp3) is 0.714. The van der Waals surface area contributed by atoms with E-state index in [1.54, 1.807) is 0 Å². The van der Waals surface area contributed by atoms with Gasteiger partial charge in [0.1, 0.15) is 0 Å². The van der Waals surface area contributed by atoms with Crippen molar-refractivity contribution in [3.05, 3.63) is 0 Å². The Morgan fingerprint density at radius 3 is 1.38 bits per heavy atom. The molecule has 0 aliphatic heterocycles. The zero-order chi connectivity index (χ0) is 20.7. The topological polar surface area (TPSA) is 216 Å². The minimum Gasteiger partial charge on any atom is -0.550 e. The van der Waals surface area contributed by atoms with Crippen LogP contribution in [0, 0.1) is 5.92 Å². The van der Waals surface area contributed by atoms with E-state index < -0.39 is 48.9 Å². The van der Waals surface area contributed by atoms with E-state index in [0.29, 0.717) is 5.92 Å². The number of carbonyl (C=O) groups excluding carboxylic acids is 2. The molecule has 0 fully saturated rings. The molecule has 11 nitrogen and oxygen atoms in total. The van der Waals surface area contributed by atoms with Gasteiger partial charge in [0.15, 0.2) is 6.10 Å². The first kappa shape index (κ1) is 32.1. The van der Waals surface area contributed by atoms with Crippen LogP contribution in [0.25, 0.3) is 0 Å². The van der Waals surface area contributed by atoms with Crippen molar-refractivity contribution in [2.45, 2.75) is 58.3 Å². The molecule has 0 aromatic rings. The molecule has 0 aromatic carbocycles. The van der Waals surface area contributed by atoms with Gasteiger partial charge >= 0.3 is 11.9 Å². The van der Waals surface area contributed by atoms with Gasteiger partial charge in [0, 0.05) is 33.3 Å². The number of hydrogen-bond acceptors (Lipinski definition) is 9. The number of carbonyl (C=O) groups is 4. The SMILES string of the molecule is CC(C)CC(C)O.O=C(O)CC(O)C(=O)O.O=C([O-])CC(O)C(=O)[O-].[HH].[Zn]. The van der Waals surface area contributed by atoms with Crippen LogP contribution in [0.15, 0.2) is 0 Å². The zero-order valence-electron chi connectivity index (χ0n) is 14.8. The maximum Gasteiger partial charge on any atom is 0.333 e. The predicted molar refractivity (Wildman–Crippen MR) is 79.8 cm³/mol. The van der Waals surface area contributed by atoms with Gasteiger partial charge < -0.3 is 45.3 Å². The normalized spacial score (nSPS) is 12.7. The Morgan fingerprint density at radius 1 is 0.885 bits per heavy atom.